The summed E-state index contributed by atoms with van der Waals surface area (Å²) in [4.78, 5) is 8.73. The van der Waals surface area contributed by atoms with Crippen molar-refractivity contribution in [3.8, 4) is 0 Å². The number of allylic oxidation sites excluding steroid dienone is 6. The molecule has 0 saturated heterocycles. The van der Waals surface area contributed by atoms with Gasteiger partial charge in [-0.3, -0.25) is 4.99 Å². The molecule has 7 N–H and O–H groups in total. The second-order valence-electron chi connectivity index (χ2n) is 6.39. The molecule has 2 aliphatic rings. The zero-order valence-electron chi connectivity index (χ0n) is 16.0. The van der Waals surface area contributed by atoms with Gasteiger partial charge in [-0.05, 0) is 35.8 Å². The van der Waals surface area contributed by atoms with Gasteiger partial charge in [-0.2, -0.15) is 0 Å². The Balaban J connectivity index is 2.19. The topological polar surface area (TPSA) is 125 Å². The van der Waals surface area contributed by atoms with Crippen LogP contribution in [-0.4, -0.2) is 30.1 Å². The first kappa shape index (κ1) is 21.4. The smallest absolute Gasteiger partial charge is 0.132 e. The molecule has 0 aromatic carbocycles. The van der Waals surface area contributed by atoms with Crippen LogP contribution in [0.25, 0.3) is 0 Å². The molecule has 0 aliphatic carbocycles. The van der Waals surface area contributed by atoms with E-state index in [1.165, 1.54) is 12.4 Å². The molecule has 2 heterocycles. The first-order valence-electron chi connectivity index (χ1n) is 8.90. The summed E-state index contributed by atoms with van der Waals surface area (Å²) >= 11 is 3.35. The van der Waals surface area contributed by atoms with Gasteiger partial charge in [-0.25, -0.2) is 4.99 Å². The van der Waals surface area contributed by atoms with Gasteiger partial charge in [0, 0.05) is 47.9 Å². The van der Waals surface area contributed by atoms with Crippen LogP contribution in [-0.2, 0) is 0 Å². The lowest BCUT2D eigenvalue weighted by Crippen LogP contribution is -2.27. The van der Waals surface area contributed by atoms with Gasteiger partial charge in [0.05, 0.1) is 11.4 Å². The Morgan fingerprint density at radius 2 is 2.11 bits per heavy atom. The molecule has 0 atom stereocenters. The van der Waals surface area contributed by atoms with Crippen LogP contribution in [0.3, 0.4) is 0 Å². The highest BCUT2D eigenvalue weighted by Crippen LogP contribution is 2.22. The van der Waals surface area contributed by atoms with Crippen molar-refractivity contribution in [2.45, 2.75) is 13.8 Å². The van der Waals surface area contributed by atoms with E-state index in [0.29, 0.717) is 18.2 Å². The molecule has 0 radical (unpaired) electrons. The molecule has 28 heavy (non-hydrogen) atoms. The van der Waals surface area contributed by atoms with Gasteiger partial charge in [0.15, 0.2) is 0 Å². The van der Waals surface area contributed by atoms with E-state index in [-0.39, 0.29) is 5.92 Å². The molecule has 0 unspecified atom stereocenters. The monoisotopic (exact) mass is 443 g/mol. The summed E-state index contributed by atoms with van der Waals surface area (Å²) in [5.74, 6) is 1.16. The van der Waals surface area contributed by atoms with Crippen LogP contribution < -0.4 is 22.1 Å². The number of dihydropyridines is 2. The van der Waals surface area contributed by atoms with E-state index in [0.717, 1.165) is 33.4 Å². The number of hydrogen-bond acceptors (Lipinski definition) is 6. The van der Waals surface area contributed by atoms with Crippen LogP contribution >= 0.6 is 15.9 Å². The van der Waals surface area contributed by atoms with E-state index in [1.807, 2.05) is 38.3 Å². The summed E-state index contributed by atoms with van der Waals surface area (Å²) in [6, 6.07) is 0. The van der Waals surface area contributed by atoms with E-state index in [2.05, 4.69) is 36.5 Å². The van der Waals surface area contributed by atoms with Gasteiger partial charge in [-0.15, -0.1) is 0 Å². The normalized spacial score (nSPS) is 17.9. The maximum absolute atomic E-state index is 7.47. The summed E-state index contributed by atoms with van der Waals surface area (Å²) in [5.41, 5.74) is 16.1. The molecule has 7 nitrogen and oxygen atoms in total. The lowest BCUT2D eigenvalue weighted by atomic mass is 10.0. The van der Waals surface area contributed by atoms with E-state index in [9.17, 15) is 0 Å². The van der Waals surface area contributed by atoms with Gasteiger partial charge in [0.2, 0.25) is 0 Å². The predicted octanol–water partition coefficient (Wildman–Crippen LogP) is 2.58. The fraction of sp³-hybridized carbons (Fsp3) is 0.250. The quantitative estimate of drug-likeness (QED) is 0.224. The van der Waals surface area contributed by atoms with Gasteiger partial charge >= 0.3 is 0 Å². The molecule has 148 valence electrons. The Labute approximate surface area is 174 Å². The average Bonchev–Trinajstić information content (AvgIpc) is 2.68. The van der Waals surface area contributed by atoms with Crippen LogP contribution in [0.15, 0.2) is 80.6 Å². The molecule has 0 fully saturated rings. The summed E-state index contributed by atoms with van der Waals surface area (Å²) < 4.78 is 0. The number of hydrogen-bond donors (Lipinski definition) is 5. The van der Waals surface area contributed by atoms with Crippen molar-refractivity contribution in [3.05, 3.63) is 70.6 Å². The highest BCUT2D eigenvalue weighted by atomic mass is 79.9. The lowest BCUT2D eigenvalue weighted by molar-refractivity contribution is 0.806. The van der Waals surface area contributed by atoms with Crippen LogP contribution in [0, 0.1) is 11.3 Å². The number of nitrogens with two attached hydrogens (primary N) is 2. The number of alkyl halides is 1. The number of halogens is 1. The molecule has 0 aromatic heterocycles. The number of aliphatic imine (C=N–C) groups is 2. The van der Waals surface area contributed by atoms with Gasteiger partial charge in [-0.1, -0.05) is 29.8 Å². The molecular weight excluding hydrogens is 418 g/mol. The largest absolute Gasteiger partial charge is 0.404 e. The minimum atomic E-state index is 0.205. The predicted molar refractivity (Wildman–Crippen MR) is 121 cm³/mol. The zero-order valence-corrected chi connectivity index (χ0v) is 17.6. The van der Waals surface area contributed by atoms with Crippen molar-refractivity contribution in [1.29, 1.82) is 5.41 Å². The second kappa shape index (κ2) is 10.5. The molecule has 0 bridgehead atoms. The third-order valence-corrected chi connectivity index (χ3v) is 4.35. The summed E-state index contributed by atoms with van der Waals surface area (Å²) in [5, 5.41) is 14.8. The van der Waals surface area contributed by atoms with Gasteiger partial charge in [0.25, 0.3) is 0 Å². The second-order valence-corrected chi connectivity index (χ2v) is 7.18. The fourth-order valence-corrected chi connectivity index (χ4v) is 2.67. The highest BCUT2D eigenvalue weighted by Gasteiger charge is 2.16. The average molecular weight is 444 g/mol. The van der Waals surface area contributed by atoms with Crippen molar-refractivity contribution in [2.75, 3.05) is 11.9 Å². The van der Waals surface area contributed by atoms with Crippen molar-refractivity contribution >= 4 is 34.2 Å². The fourth-order valence-electron chi connectivity index (χ4n) is 2.47. The third-order valence-electron chi connectivity index (χ3n) is 4.00. The molecular formula is C20H26BrN7. The van der Waals surface area contributed by atoms with E-state index >= 15 is 0 Å². The van der Waals surface area contributed by atoms with Crippen LogP contribution in [0.5, 0.6) is 0 Å². The highest BCUT2D eigenvalue weighted by molar-refractivity contribution is 9.09. The zero-order chi connectivity index (χ0) is 20.5. The third kappa shape index (κ3) is 5.82. The molecule has 0 spiro atoms. The summed E-state index contributed by atoms with van der Waals surface area (Å²) in [6.45, 7) is 4.70. The van der Waals surface area contributed by atoms with Crippen LogP contribution in [0.4, 0.5) is 0 Å². The van der Waals surface area contributed by atoms with Crippen LogP contribution in [0.2, 0.25) is 0 Å². The van der Waals surface area contributed by atoms with Crippen molar-refractivity contribution in [1.82, 2.24) is 10.6 Å². The van der Waals surface area contributed by atoms with Crippen molar-refractivity contribution in [3.63, 3.8) is 0 Å². The maximum atomic E-state index is 7.47. The Morgan fingerprint density at radius 3 is 2.75 bits per heavy atom. The molecule has 2 rings (SSSR count). The Morgan fingerprint density at radius 1 is 1.32 bits per heavy atom. The van der Waals surface area contributed by atoms with Gasteiger partial charge in [0.1, 0.15) is 11.7 Å². The van der Waals surface area contributed by atoms with E-state index < -0.39 is 0 Å². The minimum absolute atomic E-state index is 0.205. The van der Waals surface area contributed by atoms with Crippen LogP contribution in [0.1, 0.15) is 13.8 Å². The molecule has 0 amide bonds. The number of nitrogens with one attached hydrogen (secondary N) is 3. The summed E-state index contributed by atoms with van der Waals surface area (Å²) in [6.07, 6.45) is 13.9. The first-order chi connectivity index (χ1) is 13.5. The van der Waals surface area contributed by atoms with E-state index in [1.54, 1.807) is 12.3 Å². The Kier molecular flexibility index (Phi) is 8.01. The number of amidine groups is 1. The first-order valence-corrected chi connectivity index (χ1v) is 10.0. The molecule has 0 aromatic rings. The SMILES string of the molecule is CC(C)C(C=N)=CC(N)=NC1=CC=C2NC=C(C(C=NCCBr)=CN)C=C2N1. The number of nitrogens with zero attached hydrogens (tertiary/aromatic N) is 2. The summed E-state index contributed by atoms with van der Waals surface area (Å²) in [7, 11) is 0. The van der Waals surface area contributed by atoms with E-state index in [4.69, 9.17) is 16.9 Å². The minimum Gasteiger partial charge on any atom is -0.404 e. The Bertz CT molecular complexity index is 852. The molecule has 2 aliphatic heterocycles. The van der Waals surface area contributed by atoms with Crippen molar-refractivity contribution < 1.29 is 0 Å². The van der Waals surface area contributed by atoms with Gasteiger partial charge < -0.3 is 27.5 Å². The Hall–Kier alpha value is -2.87. The lowest BCUT2D eigenvalue weighted by Gasteiger charge is -2.23. The molecule has 8 heteroatoms. The number of rotatable bonds is 8. The standard InChI is InChI=1S/C20H26BrN7/c1-13(2)14(9-22)8-19(24)28-20-4-3-17-18(27-20)7-15(12-26-17)16(10-23)11-25-6-5-21/h3-4,7-13,22,26-27H,5-6,23H2,1-2H3,(H2,24,28). The molecule has 0 saturated carbocycles. The van der Waals surface area contributed by atoms with Crippen molar-refractivity contribution in [2.24, 2.45) is 27.4 Å². The maximum Gasteiger partial charge on any atom is 0.132 e. The number of fused-ring (bicyclic) bond motifs is 1.